The summed E-state index contributed by atoms with van der Waals surface area (Å²) in [5, 5.41) is 0.754. The zero-order valence-corrected chi connectivity index (χ0v) is 12.4. The molecule has 0 heterocycles. The van der Waals surface area contributed by atoms with Gasteiger partial charge in [-0.05, 0) is 35.9 Å². The third kappa shape index (κ3) is 3.18. The van der Waals surface area contributed by atoms with Gasteiger partial charge in [-0.25, -0.2) is 0 Å². The van der Waals surface area contributed by atoms with E-state index in [1.807, 2.05) is 43.4 Å². The van der Waals surface area contributed by atoms with Gasteiger partial charge in [0.05, 0.1) is 11.4 Å². The van der Waals surface area contributed by atoms with E-state index in [2.05, 4.69) is 26.9 Å². The zero-order chi connectivity index (χ0) is 13.1. The largest absolute Gasteiger partial charge is 0.397 e. The minimum atomic E-state index is 0.754. The highest BCUT2D eigenvalue weighted by molar-refractivity contribution is 9.10. The highest BCUT2D eigenvalue weighted by atomic mass is 79.9. The van der Waals surface area contributed by atoms with Crippen molar-refractivity contribution in [3.8, 4) is 0 Å². The second kappa shape index (κ2) is 5.63. The van der Waals surface area contributed by atoms with Crippen molar-refractivity contribution in [2.24, 2.45) is 0 Å². The zero-order valence-electron chi connectivity index (χ0n) is 10.0. The van der Waals surface area contributed by atoms with Gasteiger partial charge in [0.25, 0.3) is 0 Å². The highest BCUT2D eigenvalue weighted by Crippen LogP contribution is 2.27. The van der Waals surface area contributed by atoms with Gasteiger partial charge >= 0.3 is 0 Å². The molecule has 0 saturated heterocycles. The molecule has 0 spiro atoms. The van der Waals surface area contributed by atoms with E-state index in [1.165, 1.54) is 0 Å². The van der Waals surface area contributed by atoms with E-state index in [0.717, 1.165) is 33.0 Å². The third-order valence-electron chi connectivity index (χ3n) is 2.71. The standard InChI is InChI=1S/C14H14BrClN2/c1-18(9-10-3-2-4-12(16)7-10)14-6-5-11(15)8-13(14)17/h2-8H,9,17H2,1H3. The van der Waals surface area contributed by atoms with Crippen LogP contribution in [0.15, 0.2) is 46.9 Å². The van der Waals surface area contributed by atoms with Crippen LogP contribution in [-0.2, 0) is 6.54 Å². The van der Waals surface area contributed by atoms with Gasteiger partial charge in [0.15, 0.2) is 0 Å². The third-order valence-corrected chi connectivity index (χ3v) is 3.44. The average molecular weight is 326 g/mol. The molecule has 0 aliphatic carbocycles. The monoisotopic (exact) mass is 324 g/mol. The van der Waals surface area contributed by atoms with Crippen molar-refractivity contribution in [1.29, 1.82) is 0 Å². The van der Waals surface area contributed by atoms with E-state index < -0.39 is 0 Å². The van der Waals surface area contributed by atoms with Crippen LogP contribution in [0.25, 0.3) is 0 Å². The van der Waals surface area contributed by atoms with Crippen LogP contribution in [0.2, 0.25) is 5.02 Å². The topological polar surface area (TPSA) is 29.3 Å². The summed E-state index contributed by atoms with van der Waals surface area (Å²) in [6.07, 6.45) is 0. The Hall–Kier alpha value is -1.19. The summed E-state index contributed by atoms with van der Waals surface area (Å²) in [6.45, 7) is 0.770. The molecule has 4 heteroatoms. The number of benzene rings is 2. The predicted molar refractivity (Wildman–Crippen MR) is 82.1 cm³/mol. The summed E-state index contributed by atoms with van der Waals surface area (Å²) in [6, 6.07) is 13.7. The van der Waals surface area contributed by atoms with Crippen LogP contribution < -0.4 is 10.6 Å². The van der Waals surface area contributed by atoms with Crippen molar-refractivity contribution in [2.75, 3.05) is 17.7 Å². The Morgan fingerprint density at radius 2 is 2.00 bits per heavy atom. The molecule has 2 aromatic carbocycles. The molecule has 0 atom stereocenters. The molecule has 2 aromatic rings. The normalized spacial score (nSPS) is 10.4. The number of nitrogens with two attached hydrogens (primary N) is 1. The smallest absolute Gasteiger partial charge is 0.0601 e. The lowest BCUT2D eigenvalue weighted by atomic mass is 10.2. The fraction of sp³-hybridized carbons (Fsp3) is 0.143. The number of rotatable bonds is 3. The van der Waals surface area contributed by atoms with Crippen molar-refractivity contribution in [2.45, 2.75) is 6.54 Å². The van der Waals surface area contributed by atoms with Gasteiger partial charge in [-0.15, -0.1) is 0 Å². The average Bonchev–Trinajstić information content (AvgIpc) is 2.28. The quantitative estimate of drug-likeness (QED) is 0.852. The summed E-state index contributed by atoms with van der Waals surface area (Å²) in [4.78, 5) is 2.10. The Balaban J connectivity index is 2.19. The number of nitrogen functional groups attached to an aromatic ring is 1. The molecule has 0 fully saturated rings. The molecule has 2 N–H and O–H groups in total. The van der Waals surface area contributed by atoms with Gasteiger partial charge in [0.2, 0.25) is 0 Å². The van der Waals surface area contributed by atoms with Gasteiger partial charge in [-0.3, -0.25) is 0 Å². The number of nitrogens with zero attached hydrogens (tertiary/aromatic N) is 1. The summed E-state index contributed by atoms with van der Waals surface area (Å²) < 4.78 is 0.986. The second-order valence-corrected chi connectivity index (χ2v) is 5.54. The first-order valence-corrected chi connectivity index (χ1v) is 6.74. The molecule has 0 unspecified atom stereocenters. The van der Waals surface area contributed by atoms with Gasteiger partial charge < -0.3 is 10.6 Å². The first-order chi connectivity index (χ1) is 8.56. The van der Waals surface area contributed by atoms with E-state index in [0.29, 0.717) is 0 Å². The molecule has 0 aliphatic heterocycles. The van der Waals surface area contributed by atoms with Crippen molar-refractivity contribution in [3.05, 3.63) is 57.5 Å². The Kier molecular flexibility index (Phi) is 4.15. The van der Waals surface area contributed by atoms with Gasteiger partial charge in [0, 0.05) is 23.1 Å². The van der Waals surface area contributed by atoms with Crippen LogP contribution in [0.1, 0.15) is 5.56 Å². The van der Waals surface area contributed by atoms with E-state index in [1.54, 1.807) is 0 Å². The summed E-state index contributed by atoms with van der Waals surface area (Å²) in [5.74, 6) is 0. The Morgan fingerprint density at radius 1 is 1.22 bits per heavy atom. The number of halogens is 2. The van der Waals surface area contributed by atoms with Crippen molar-refractivity contribution in [1.82, 2.24) is 0 Å². The molecule has 0 aliphatic rings. The van der Waals surface area contributed by atoms with Crippen LogP contribution in [0, 0.1) is 0 Å². The molecule has 0 aromatic heterocycles. The van der Waals surface area contributed by atoms with E-state index in [9.17, 15) is 0 Å². The lowest BCUT2D eigenvalue weighted by Crippen LogP contribution is -2.17. The molecule has 18 heavy (non-hydrogen) atoms. The van der Waals surface area contributed by atoms with Gasteiger partial charge in [0.1, 0.15) is 0 Å². The van der Waals surface area contributed by atoms with E-state index >= 15 is 0 Å². The van der Waals surface area contributed by atoms with Crippen LogP contribution in [0.5, 0.6) is 0 Å². The Bertz CT molecular complexity index is 557. The molecule has 94 valence electrons. The van der Waals surface area contributed by atoms with Gasteiger partial charge in [-0.2, -0.15) is 0 Å². The van der Waals surface area contributed by atoms with Crippen LogP contribution >= 0.6 is 27.5 Å². The number of hydrogen-bond donors (Lipinski definition) is 1. The molecule has 0 saturated carbocycles. The summed E-state index contributed by atoms with van der Waals surface area (Å²) in [7, 11) is 2.01. The van der Waals surface area contributed by atoms with Crippen molar-refractivity contribution < 1.29 is 0 Å². The molecule has 2 nitrogen and oxygen atoms in total. The summed E-state index contributed by atoms with van der Waals surface area (Å²) >= 11 is 9.38. The first-order valence-electron chi connectivity index (χ1n) is 5.57. The van der Waals surface area contributed by atoms with Crippen LogP contribution in [0.3, 0.4) is 0 Å². The minimum absolute atomic E-state index is 0.754. The van der Waals surface area contributed by atoms with E-state index in [-0.39, 0.29) is 0 Å². The first kappa shape index (κ1) is 13.2. The van der Waals surface area contributed by atoms with Crippen LogP contribution in [-0.4, -0.2) is 7.05 Å². The van der Waals surface area contributed by atoms with Crippen LogP contribution in [0.4, 0.5) is 11.4 Å². The second-order valence-electron chi connectivity index (χ2n) is 4.19. The molecule has 2 rings (SSSR count). The Labute approximate surface area is 120 Å². The van der Waals surface area contributed by atoms with Gasteiger partial charge in [-0.1, -0.05) is 39.7 Å². The lowest BCUT2D eigenvalue weighted by molar-refractivity contribution is 0.925. The highest BCUT2D eigenvalue weighted by Gasteiger charge is 2.06. The SMILES string of the molecule is CN(Cc1cccc(Cl)c1)c1ccc(Br)cc1N. The fourth-order valence-electron chi connectivity index (χ4n) is 1.87. The summed E-state index contributed by atoms with van der Waals surface area (Å²) in [5.41, 5.74) is 8.94. The molecule has 0 radical (unpaired) electrons. The predicted octanol–water partition coefficient (Wildman–Crippen LogP) is 4.32. The number of anilines is 2. The fourth-order valence-corrected chi connectivity index (χ4v) is 2.46. The Morgan fingerprint density at radius 3 is 2.67 bits per heavy atom. The lowest BCUT2D eigenvalue weighted by Gasteiger charge is -2.21. The molecular weight excluding hydrogens is 312 g/mol. The van der Waals surface area contributed by atoms with Crippen molar-refractivity contribution in [3.63, 3.8) is 0 Å². The maximum Gasteiger partial charge on any atom is 0.0601 e. The molecule has 0 amide bonds. The maximum atomic E-state index is 6.01. The minimum Gasteiger partial charge on any atom is -0.397 e. The molecular formula is C14H14BrClN2. The van der Waals surface area contributed by atoms with E-state index in [4.69, 9.17) is 17.3 Å². The molecule has 0 bridgehead atoms. The van der Waals surface area contributed by atoms with Crippen molar-refractivity contribution >= 4 is 38.9 Å². The number of hydrogen-bond acceptors (Lipinski definition) is 2. The maximum absolute atomic E-state index is 6.01.